The van der Waals surface area contributed by atoms with Gasteiger partial charge in [-0.3, -0.25) is 5.43 Å². The Hall–Kier alpha value is -3.61. The van der Waals surface area contributed by atoms with Crippen LogP contribution in [0.25, 0.3) is 0 Å². The van der Waals surface area contributed by atoms with E-state index in [1.165, 1.54) is 6.07 Å². The molecule has 2 amide bonds. The van der Waals surface area contributed by atoms with Crippen LogP contribution in [0, 0.1) is 17.6 Å². The van der Waals surface area contributed by atoms with E-state index in [-0.39, 0.29) is 5.75 Å². The Bertz CT molecular complexity index is 1400. The summed E-state index contributed by atoms with van der Waals surface area (Å²) >= 11 is 0.546. The first-order valence-corrected chi connectivity index (χ1v) is 12.7. The fourth-order valence-corrected chi connectivity index (χ4v) is 4.65. The highest BCUT2D eigenvalue weighted by atomic mass is 32.2. The van der Waals surface area contributed by atoms with Crippen molar-refractivity contribution in [3.63, 3.8) is 0 Å². The predicted octanol–water partition coefficient (Wildman–Crippen LogP) is 8.12. The zero-order valence-corrected chi connectivity index (χ0v) is 23.3. The monoisotopic (exact) mass is 586 g/mol. The van der Waals surface area contributed by atoms with Crippen LogP contribution in [0.2, 0.25) is 0 Å². The highest BCUT2D eigenvalue weighted by Crippen LogP contribution is 2.44. The highest BCUT2D eigenvalue weighted by Gasteiger charge is 2.34. The molecule has 216 valence electrons. The van der Waals surface area contributed by atoms with Crippen molar-refractivity contribution >= 4 is 29.3 Å². The van der Waals surface area contributed by atoms with E-state index in [4.69, 9.17) is 0 Å². The Labute approximate surface area is 231 Å². The van der Waals surface area contributed by atoms with Crippen LogP contribution in [-0.2, 0) is 17.0 Å². The molecule has 4 N–H and O–H groups in total. The van der Waals surface area contributed by atoms with Gasteiger partial charge >= 0.3 is 12.2 Å². The maximum absolute atomic E-state index is 15.3. The molecule has 0 aliphatic rings. The number of pyridine rings is 1. The Morgan fingerprint density at radius 3 is 1.95 bits per heavy atom. The summed E-state index contributed by atoms with van der Waals surface area (Å²) in [6.07, 6.45) is -4.76. The molecule has 0 atom stereocenters. The van der Waals surface area contributed by atoms with E-state index in [2.05, 4.69) is 4.98 Å². The molecule has 40 heavy (non-hydrogen) atoms. The number of nitrogens with zero attached hydrogens (tertiary/aromatic N) is 1. The number of rotatable bonds is 5. The van der Waals surface area contributed by atoms with E-state index in [0.29, 0.717) is 27.8 Å². The second-order valence-electron chi connectivity index (χ2n) is 10.9. The van der Waals surface area contributed by atoms with E-state index in [1.54, 1.807) is 12.1 Å². The lowest BCUT2D eigenvalue weighted by molar-refractivity contribution is -0.136. The second-order valence-corrected chi connectivity index (χ2v) is 12.0. The molecule has 0 saturated heterocycles. The number of alkyl halides is 3. The predicted molar refractivity (Wildman–Crippen MR) is 141 cm³/mol. The van der Waals surface area contributed by atoms with Gasteiger partial charge in [-0.05, 0) is 35.1 Å². The van der Waals surface area contributed by atoms with Crippen molar-refractivity contribution in [1.29, 1.82) is 0 Å². The number of amides is 2. The maximum Gasteiger partial charge on any atom is 0.418 e. The van der Waals surface area contributed by atoms with Crippen molar-refractivity contribution in [2.75, 3.05) is 10.7 Å². The normalized spacial score (nSPS) is 12.3. The van der Waals surface area contributed by atoms with Gasteiger partial charge in [0, 0.05) is 16.0 Å². The number of benzene rings is 2. The molecule has 0 radical (unpaired) electrons. The maximum atomic E-state index is 15.3. The molecule has 3 rings (SSSR count). The number of halogens is 6. The van der Waals surface area contributed by atoms with Crippen molar-refractivity contribution in [3.05, 3.63) is 70.7 Å². The van der Waals surface area contributed by atoms with E-state index in [0.717, 1.165) is 18.2 Å². The molecular formula is C27H28F6N4O2S. The van der Waals surface area contributed by atoms with Crippen LogP contribution in [0.15, 0.2) is 46.2 Å². The SMILES string of the molecule is CC(C)(C)c1cc(Sc2c(F)c(F)nc(NNC(=O)Nc3ccccc3C(F)(F)F)c2F)cc(C(C)(C)C)c1O. The molecule has 0 bridgehead atoms. The molecule has 0 unspecified atom stereocenters. The lowest BCUT2D eigenvalue weighted by Crippen LogP contribution is -2.35. The van der Waals surface area contributed by atoms with Gasteiger partial charge in [-0.25, -0.2) is 19.0 Å². The number of aromatic hydroxyl groups is 1. The number of anilines is 2. The molecule has 0 saturated carbocycles. The third kappa shape index (κ3) is 6.93. The van der Waals surface area contributed by atoms with Gasteiger partial charge in [-0.15, -0.1) is 0 Å². The molecule has 0 aliphatic heterocycles. The Morgan fingerprint density at radius 1 is 0.875 bits per heavy atom. The largest absolute Gasteiger partial charge is 0.507 e. The fourth-order valence-electron chi connectivity index (χ4n) is 3.70. The summed E-state index contributed by atoms with van der Waals surface area (Å²) in [5.41, 5.74) is 2.06. The second kappa shape index (κ2) is 11.1. The average Bonchev–Trinajstić information content (AvgIpc) is 2.82. The molecule has 0 spiro atoms. The third-order valence-electron chi connectivity index (χ3n) is 5.69. The van der Waals surface area contributed by atoms with E-state index in [1.807, 2.05) is 57.7 Å². The van der Waals surface area contributed by atoms with Crippen LogP contribution in [-0.4, -0.2) is 16.1 Å². The van der Waals surface area contributed by atoms with E-state index in [9.17, 15) is 31.9 Å². The number of aromatic nitrogens is 1. The van der Waals surface area contributed by atoms with Crippen LogP contribution in [0.1, 0.15) is 58.2 Å². The average molecular weight is 587 g/mol. The molecule has 0 aliphatic carbocycles. The van der Waals surface area contributed by atoms with Gasteiger partial charge < -0.3 is 10.4 Å². The lowest BCUT2D eigenvalue weighted by atomic mass is 9.79. The number of hydrazine groups is 1. The summed E-state index contributed by atoms with van der Waals surface area (Å²) in [5, 5.41) is 12.8. The molecule has 6 nitrogen and oxygen atoms in total. The molecule has 13 heteroatoms. The minimum absolute atomic E-state index is 0.0378. The Balaban J connectivity index is 1.92. The molecule has 0 fully saturated rings. The van der Waals surface area contributed by atoms with Crippen molar-refractivity contribution in [3.8, 4) is 5.75 Å². The summed E-state index contributed by atoms with van der Waals surface area (Å²) in [5.74, 6) is -5.49. The number of phenols is 1. The standard InChI is InChI=1S/C27H28F6N4O2S/c1-25(2,3)15-11-13(12-16(20(15)38)26(4,5)6)40-21-18(28)22(30)35-23(19(21)29)36-37-24(39)34-17-10-8-7-9-14(17)27(31,32)33/h7-12,38H,1-6H3,(H,35,36)(H2,34,37,39). The van der Waals surface area contributed by atoms with E-state index >= 15 is 4.39 Å². The number of nitrogens with one attached hydrogen (secondary N) is 3. The number of hydrogen-bond acceptors (Lipinski definition) is 5. The molecule has 2 aromatic carbocycles. The topological polar surface area (TPSA) is 86.3 Å². The van der Waals surface area contributed by atoms with Gasteiger partial charge in [0.25, 0.3) is 5.95 Å². The Kier molecular flexibility index (Phi) is 8.59. The van der Waals surface area contributed by atoms with Crippen LogP contribution < -0.4 is 16.2 Å². The van der Waals surface area contributed by atoms with Crippen molar-refractivity contribution in [2.45, 2.75) is 68.3 Å². The summed E-state index contributed by atoms with van der Waals surface area (Å²) < 4.78 is 84.0. The molecule has 3 aromatic rings. The summed E-state index contributed by atoms with van der Waals surface area (Å²) in [6.45, 7) is 11.1. The van der Waals surface area contributed by atoms with E-state index < -0.39 is 62.6 Å². The van der Waals surface area contributed by atoms with Crippen molar-refractivity contribution in [2.24, 2.45) is 0 Å². The number of hydrogen-bond donors (Lipinski definition) is 4. The first kappa shape index (κ1) is 30.9. The minimum Gasteiger partial charge on any atom is -0.507 e. The van der Waals surface area contributed by atoms with Gasteiger partial charge in [0.15, 0.2) is 17.5 Å². The third-order valence-corrected chi connectivity index (χ3v) is 6.73. The smallest absolute Gasteiger partial charge is 0.418 e. The van der Waals surface area contributed by atoms with Crippen LogP contribution in [0.4, 0.5) is 42.6 Å². The number of urea groups is 1. The van der Waals surface area contributed by atoms with Gasteiger partial charge in [0.2, 0.25) is 0 Å². The summed E-state index contributed by atoms with van der Waals surface area (Å²) in [7, 11) is 0. The number of para-hydroxylation sites is 1. The summed E-state index contributed by atoms with van der Waals surface area (Å²) in [6, 6.07) is 5.99. The van der Waals surface area contributed by atoms with Gasteiger partial charge in [0.05, 0.1) is 16.1 Å². The van der Waals surface area contributed by atoms with Crippen molar-refractivity contribution in [1.82, 2.24) is 10.4 Å². The zero-order valence-electron chi connectivity index (χ0n) is 22.4. The van der Waals surface area contributed by atoms with Gasteiger partial charge in [-0.2, -0.15) is 22.5 Å². The lowest BCUT2D eigenvalue weighted by Gasteiger charge is -2.28. The van der Waals surface area contributed by atoms with Gasteiger partial charge in [-0.1, -0.05) is 65.4 Å². The minimum atomic E-state index is -4.76. The first-order chi connectivity index (χ1) is 18.3. The van der Waals surface area contributed by atoms with Crippen LogP contribution in [0.3, 0.4) is 0 Å². The van der Waals surface area contributed by atoms with Crippen LogP contribution in [0.5, 0.6) is 5.75 Å². The summed E-state index contributed by atoms with van der Waals surface area (Å²) in [4.78, 5) is 14.8. The highest BCUT2D eigenvalue weighted by molar-refractivity contribution is 7.99. The van der Waals surface area contributed by atoms with Crippen molar-refractivity contribution < 1.29 is 36.2 Å². The first-order valence-electron chi connectivity index (χ1n) is 11.9. The number of carbonyl (C=O) groups is 1. The molecular weight excluding hydrogens is 558 g/mol. The fraction of sp³-hybridized carbons (Fsp3) is 0.333. The number of phenolic OH excluding ortho intramolecular Hbond substituents is 1. The quantitative estimate of drug-likeness (QED) is 0.138. The molecule has 1 heterocycles. The van der Waals surface area contributed by atoms with Crippen LogP contribution >= 0.6 is 11.8 Å². The molecule has 1 aromatic heterocycles. The Morgan fingerprint density at radius 2 is 1.43 bits per heavy atom. The zero-order chi connectivity index (χ0) is 30.2. The number of carbonyl (C=O) groups excluding carboxylic acids is 1. The van der Waals surface area contributed by atoms with Gasteiger partial charge in [0.1, 0.15) is 5.75 Å².